The first-order chi connectivity index (χ1) is 8.66. The number of carbonyl (C=O) groups is 1. The minimum atomic E-state index is -0.114. The van der Waals surface area contributed by atoms with Gasteiger partial charge in [0.15, 0.2) is 0 Å². The molecule has 1 heterocycles. The van der Waals surface area contributed by atoms with Crippen LogP contribution in [-0.4, -0.2) is 16.1 Å². The fourth-order valence-corrected chi connectivity index (χ4v) is 1.68. The molecule has 2 aromatic rings. The van der Waals surface area contributed by atoms with Gasteiger partial charge >= 0.3 is 0 Å². The number of carbonyl (C=O) groups excluding carboxylic acids is 1. The van der Waals surface area contributed by atoms with E-state index in [-0.39, 0.29) is 5.91 Å². The van der Waals surface area contributed by atoms with E-state index in [1.165, 1.54) is 11.8 Å². The number of amides is 1. The molecule has 0 bridgehead atoms. The monoisotopic (exact) mass is 243 g/mol. The predicted octanol–water partition coefficient (Wildman–Crippen LogP) is 2.46. The molecule has 0 fully saturated rings. The zero-order valence-electron chi connectivity index (χ0n) is 10.6. The van der Waals surface area contributed by atoms with Gasteiger partial charge in [-0.1, -0.05) is 38.1 Å². The van der Waals surface area contributed by atoms with Crippen molar-refractivity contribution in [2.24, 2.45) is 0 Å². The highest BCUT2D eigenvalue weighted by Gasteiger charge is 2.06. The van der Waals surface area contributed by atoms with E-state index in [0.717, 1.165) is 5.56 Å². The molecule has 1 amide bonds. The van der Waals surface area contributed by atoms with Crippen LogP contribution >= 0.6 is 0 Å². The number of aromatic nitrogens is 2. The largest absolute Gasteiger partial charge is 0.348 e. The average Bonchev–Trinajstić information content (AvgIpc) is 2.90. The van der Waals surface area contributed by atoms with Crippen LogP contribution in [-0.2, 0) is 6.54 Å². The molecule has 18 heavy (non-hydrogen) atoms. The molecule has 2 rings (SSSR count). The summed E-state index contributed by atoms with van der Waals surface area (Å²) in [6.07, 6.45) is 3.09. The van der Waals surface area contributed by atoms with Gasteiger partial charge in [0.25, 0.3) is 5.91 Å². The second-order valence-electron chi connectivity index (χ2n) is 4.57. The number of rotatable bonds is 4. The van der Waals surface area contributed by atoms with Gasteiger partial charge in [-0.3, -0.25) is 9.89 Å². The van der Waals surface area contributed by atoms with Crippen molar-refractivity contribution < 1.29 is 4.79 Å². The lowest BCUT2D eigenvalue weighted by Crippen LogP contribution is -2.22. The van der Waals surface area contributed by atoms with Gasteiger partial charge in [-0.15, -0.1) is 0 Å². The summed E-state index contributed by atoms with van der Waals surface area (Å²) in [5.41, 5.74) is 2.95. The van der Waals surface area contributed by atoms with Crippen molar-refractivity contribution in [1.29, 1.82) is 0 Å². The summed E-state index contributed by atoms with van der Waals surface area (Å²) in [6, 6.07) is 8.30. The molecule has 0 saturated heterocycles. The van der Waals surface area contributed by atoms with Crippen molar-refractivity contribution in [3.05, 3.63) is 53.3 Å². The summed E-state index contributed by atoms with van der Waals surface area (Å²) in [4.78, 5) is 11.7. The molecular formula is C14H17N3O. The number of nitrogens with zero attached hydrogens (tertiary/aromatic N) is 1. The predicted molar refractivity (Wildman–Crippen MR) is 70.3 cm³/mol. The Morgan fingerprint density at radius 2 is 2.06 bits per heavy atom. The number of aromatic amines is 1. The number of hydrogen-bond acceptors (Lipinski definition) is 2. The molecule has 0 spiro atoms. The van der Waals surface area contributed by atoms with Gasteiger partial charge in [0, 0.05) is 12.7 Å². The number of benzene rings is 1. The Balaban J connectivity index is 1.92. The first kappa shape index (κ1) is 12.4. The van der Waals surface area contributed by atoms with Gasteiger partial charge in [0.2, 0.25) is 0 Å². The molecular weight excluding hydrogens is 226 g/mol. The van der Waals surface area contributed by atoms with Crippen molar-refractivity contribution >= 4 is 5.91 Å². The second-order valence-corrected chi connectivity index (χ2v) is 4.57. The first-order valence-corrected chi connectivity index (χ1v) is 6.02. The van der Waals surface area contributed by atoms with Crippen LogP contribution in [0.15, 0.2) is 36.7 Å². The lowest BCUT2D eigenvalue weighted by molar-refractivity contribution is 0.0951. The highest BCUT2D eigenvalue weighted by molar-refractivity contribution is 5.93. The van der Waals surface area contributed by atoms with E-state index in [9.17, 15) is 4.79 Å². The third kappa shape index (κ3) is 2.97. The van der Waals surface area contributed by atoms with Crippen LogP contribution in [0.4, 0.5) is 0 Å². The van der Waals surface area contributed by atoms with Crippen molar-refractivity contribution in [3.8, 4) is 0 Å². The molecule has 4 nitrogen and oxygen atoms in total. The summed E-state index contributed by atoms with van der Waals surface area (Å²) in [6.45, 7) is 4.85. The summed E-state index contributed by atoms with van der Waals surface area (Å²) >= 11 is 0. The van der Waals surface area contributed by atoms with E-state index >= 15 is 0 Å². The lowest BCUT2D eigenvalue weighted by atomic mass is 10.0. The first-order valence-electron chi connectivity index (χ1n) is 6.02. The molecule has 94 valence electrons. The Morgan fingerprint density at radius 1 is 1.33 bits per heavy atom. The Bertz CT molecular complexity index is 500. The molecule has 0 aliphatic rings. The standard InChI is InChI=1S/C14H17N3O/c1-10(2)12-5-3-11(4-6-12)7-15-14(18)13-8-16-17-9-13/h3-6,8-10H,7H2,1-2H3,(H,15,18)(H,16,17). The molecule has 0 saturated carbocycles. The maximum absolute atomic E-state index is 11.7. The van der Waals surface area contributed by atoms with Gasteiger partial charge in [-0.2, -0.15) is 5.10 Å². The Morgan fingerprint density at radius 3 is 2.61 bits per heavy atom. The van der Waals surface area contributed by atoms with Gasteiger partial charge in [0.1, 0.15) is 0 Å². The van der Waals surface area contributed by atoms with Crippen LogP contribution in [0.5, 0.6) is 0 Å². The molecule has 0 aliphatic carbocycles. The average molecular weight is 243 g/mol. The maximum atomic E-state index is 11.7. The number of nitrogens with one attached hydrogen (secondary N) is 2. The summed E-state index contributed by atoms with van der Waals surface area (Å²) in [5, 5.41) is 9.21. The fraction of sp³-hybridized carbons (Fsp3) is 0.286. The van der Waals surface area contributed by atoms with Crippen LogP contribution in [0.1, 0.15) is 41.3 Å². The molecule has 1 aromatic carbocycles. The van der Waals surface area contributed by atoms with Crippen LogP contribution in [0.2, 0.25) is 0 Å². The van der Waals surface area contributed by atoms with Crippen molar-refractivity contribution in [2.75, 3.05) is 0 Å². The minimum absolute atomic E-state index is 0.114. The van der Waals surface area contributed by atoms with Crippen LogP contribution in [0.3, 0.4) is 0 Å². The SMILES string of the molecule is CC(C)c1ccc(CNC(=O)c2cn[nH]c2)cc1. The smallest absolute Gasteiger partial charge is 0.254 e. The Labute approximate surface area is 106 Å². The van der Waals surface area contributed by atoms with Crippen molar-refractivity contribution in [1.82, 2.24) is 15.5 Å². The Kier molecular flexibility index (Phi) is 3.77. The lowest BCUT2D eigenvalue weighted by Gasteiger charge is -2.07. The molecule has 4 heteroatoms. The highest BCUT2D eigenvalue weighted by atomic mass is 16.1. The molecule has 0 unspecified atom stereocenters. The molecule has 0 radical (unpaired) electrons. The normalized spacial score (nSPS) is 10.6. The van der Waals surface area contributed by atoms with Crippen LogP contribution in [0, 0.1) is 0 Å². The van der Waals surface area contributed by atoms with E-state index in [0.29, 0.717) is 18.0 Å². The second kappa shape index (κ2) is 5.49. The van der Waals surface area contributed by atoms with E-state index in [4.69, 9.17) is 0 Å². The zero-order chi connectivity index (χ0) is 13.0. The molecule has 1 aromatic heterocycles. The van der Waals surface area contributed by atoms with Gasteiger partial charge in [-0.05, 0) is 17.0 Å². The molecule has 0 aliphatic heterocycles. The number of hydrogen-bond donors (Lipinski definition) is 2. The van der Waals surface area contributed by atoms with Crippen molar-refractivity contribution in [2.45, 2.75) is 26.3 Å². The van der Waals surface area contributed by atoms with Gasteiger partial charge in [-0.25, -0.2) is 0 Å². The quantitative estimate of drug-likeness (QED) is 0.866. The number of H-pyrrole nitrogens is 1. The van der Waals surface area contributed by atoms with Gasteiger partial charge in [0.05, 0.1) is 11.8 Å². The van der Waals surface area contributed by atoms with E-state index in [1.807, 2.05) is 12.1 Å². The third-order valence-electron chi connectivity index (χ3n) is 2.86. The Hall–Kier alpha value is -2.10. The van der Waals surface area contributed by atoms with E-state index < -0.39 is 0 Å². The van der Waals surface area contributed by atoms with E-state index in [2.05, 4.69) is 41.5 Å². The summed E-state index contributed by atoms with van der Waals surface area (Å²) < 4.78 is 0. The topological polar surface area (TPSA) is 57.8 Å². The zero-order valence-corrected chi connectivity index (χ0v) is 10.6. The maximum Gasteiger partial charge on any atom is 0.254 e. The van der Waals surface area contributed by atoms with Crippen LogP contribution < -0.4 is 5.32 Å². The third-order valence-corrected chi connectivity index (χ3v) is 2.86. The molecule has 2 N–H and O–H groups in total. The fourth-order valence-electron chi connectivity index (χ4n) is 1.68. The molecule has 0 atom stereocenters. The van der Waals surface area contributed by atoms with E-state index in [1.54, 1.807) is 6.20 Å². The van der Waals surface area contributed by atoms with Gasteiger partial charge < -0.3 is 5.32 Å². The minimum Gasteiger partial charge on any atom is -0.348 e. The highest BCUT2D eigenvalue weighted by Crippen LogP contribution is 2.14. The summed E-state index contributed by atoms with van der Waals surface area (Å²) in [5.74, 6) is 0.413. The summed E-state index contributed by atoms with van der Waals surface area (Å²) in [7, 11) is 0. The van der Waals surface area contributed by atoms with Crippen molar-refractivity contribution in [3.63, 3.8) is 0 Å². The van der Waals surface area contributed by atoms with Crippen LogP contribution in [0.25, 0.3) is 0 Å².